The molecule has 9 nitrogen and oxygen atoms in total. The van der Waals surface area contributed by atoms with Crippen LogP contribution in [0.4, 0.5) is 14.9 Å². The van der Waals surface area contributed by atoms with Crippen molar-refractivity contribution >= 4 is 34.8 Å². The third-order valence-corrected chi connectivity index (χ3v) is 6.46. The van der Waals surface area contributed by atoms with Crippen LogP contribution >= 0.6 is 11.3 Å². The lowest BCUT2D eigenvalue weighted by molar-refractivity contribution is -0.115. The van der Waals surface area contributed by atoms with Crippen LogP contribution in [0.1, 0.15) is 42.0 Å². The Morgan fingerprint density at radius 2 is 1.89 bits per heavy atom. The molecular formula is C27H26FN5O4S. The molecule has 0 aliphatic rings. The van der Waals surface area contributed by atoms with Crippen LogP contribution in [0.5, 0.6) is 0 Å². The minimum Gasteiger partial charge on any atom is -0.443 e. The molecule has 0 aliphatic heterocycles. The zero-order chi connectivity index (χ0) is 27.4. The molecule has 0 aliphatic carbocycles. The molecule has 0 unspecified atom stereocenters. The van der Waals surface area contributed by atoms with Gasteiger partial charge in [0, 0.05) is 23.6 Å². The number of carbonyl (C=O) groups is 3. The van der Waals surface area contributed by atoms with Gasteiger partial charge < -0.3 is 15.8 Å². The molecule has 0 fully saturated rings. The van der Waals surface area contributed by atoms with Gasteiger partial charge in [0.05, 0.1) is 17.8 Å². The lowest BCUT2D eigenvalue weighted by Gasteiger charge is -2.26. The summed E-state index contributed by atoms with van der Waals surface area (Å²) in [6.07, 6.45) is 1.91. The summed E-state index contributed by atoms with van der Waals surface area (Å²) in [5.41, 5.74) is 6.18. The van der Waals surface area contributed by atoms with Crippen molar-refractivity contribution in [3.63, 3.8) is 0 Å². The lowest BCUT2D eigenvalue weighted by Crippen LogP contribution is -2.33. The van der Waals surface area contributed by atoms with Crippen LogP contribution < -0.4 is 11.1 Å². The number of halogens is 1. The highest BCUT2D eigenvalue weighted by molar-refractivity contribution is 7.12. The van der Waals surface area contributed by atoms with Crippen molar-refractivity contribution in [2.45, 2.75) is 39.2 Å². The highest BCUT2D eigenvalue weighted by atomic mass is 32.1. The van der Waals surface area contributed by atoms with E-state index in [2.05, 4.69) is 15.3 Å². The molecule has 0 spiro atoms. The zero-order valence-electron chi connectivity index (χ0n) is 21.0. The molecule has 0 saturated heterocycles. The molecule has 38 heavy (non-hydrogen) atoms. The number of carbonyl (C=O) groups excluding carboxylic acids is 3. The van der Waals surface area contributed by atoms with Crippen molar-refractivity contribution in [1.82, 2.24) is 14.5 Å². The molecule has 2 aromatic heterocycles. The summed E-state index contributed by atoms with van der Waals surface area (Å²) in [4.78, 5) is 45.5. The summed E-state index contributed by atoms with van der Waals surface area (Å²) in [5.74, 6) is -1.89. The third-order valence-electron chi connectivity index (χ3n) is 5.60. The van der Waals surface area contributed by atoms with Crippen molar-refractivity contribution in [1.29, 1.82) is 0 Å². The summed E-state index contributed by atoms with van der Waals surface area (Å²) in [6.45, 7) is 5.08. The first kappa shape index (κ1) is 26.7. The monoisotopic (exact) mass is 535 g/mol. The van der Waals surface area contributed by atoms with Gasteiger partial charge in [0.15, 0.2) is 16.7 Å². The fourth-order valence-electron chi connectivity index (χ4n) is 3.96. The molecule has 2 heterocycles. The van der Waals surface area contributed by atoms with Crippen molar-refractivity contribution < 1.29 is 23.5 Å². The Morgan fingerprint density at radius 3 is 2.55 bits per heavy atom. The predicted octanol–water partition coefficient (Wildman–Crippen LogP) is 5.07. The maximum atomic E-state index is 15.8. The lowest BCUT2D eigenvalue weighted by atomic mass is 9.93. The first-order valence-electron chi connectivity index (χ1n) is 11.7. The number of imidazole rings is 1. The van der Waals surface area contributed by atoms with Gasteiger partial charge in [-0.2, -0.15) is 0 Å². The fraction of sp³-hybridized carbons (Fsp3) is 0.222. The molecular weight excluding hydrogens is 509 g/mol. The standard InChI is InChI=1S/C27H26FN5O4S/c1-16-13-33(15-30-16)26-31-20(14-38-26)21(34)11-22(35)32-24-18(12-27(2,3)37-25(29)36)9-10-19(23(24)28)17-7-5-4-6-8-17/h4-10,13-15H,11-12H2,1-3H3,(H2,29,36)(H,32,35). The molecule has 2 aromatic carbocycles. The van der Waals surface area contributed by atoms with Crippen LogP contribution in [-0.2, 0) is 16.0 Å². The van der Waals surface area contributed by atoms with Gasteiger partial charge in [-0.15, -0.1) is 11.3 Å². The van der Waals surface area contributed by atoms with Crippen molar-refractivity contribution in [3.8, 4) is 16.3 Å². The highest BCUT2D eigenvalue weighted by Crippen LogP contribution is 2.33. The number of hydrogen-bond acceptors (Lipinski definition) is 7. The van der Waals surface area contributed by atoms with Crippen molar-refractivity contribution in [2.75, 3.05) is 5.32 Å². The molecule has 3 N–H and O–H groups in total. The Balaban J connectivity index is 1.58. The number of amides is 2. The Bertz CT molecular complexity index is 1500. The van der Waals surface area contributed by atoms with Gasteiger partial charge in [0.25, 0.3) is 0 Å². The van der Waals surface area contributed by atoms with E-state index in [4.69, 9.17) is 10.5 Å². The first-order chi connectivity index (χ1) is 18.0. The van der Waals surface area contributed by atoms with Gasteiger partial charge in [0.1, 0.15) is 17.6 Å². The van der Waals surface area contributed by atoms with Gasteiger partial charge in [-0.25, -0.2) is 19.2 Å². The van der Waals surface area contributed by atoms with Crippen LogP contribution in [-0.4, -0.2) is 37.9 Å². The number of Topliss-reactive ketones (excluding diaryl/α,β-unsaturated/α-hetero) is 1. The number of ether oxygens (including phenoxy) is 1. The molecule has 2 amide bonds. The number of ketones is 1. The van der Waals surface area contributed by atoms with Crippen LogP contribution in [0.25, 0.3) is 16.3 Å². The summed E-state index contributed by atoms with van der Waals surface area (Å²) in [7, 11) is 0. The van der Waals surface area contributed by atoms with E-state index < -0.39 is 35.6 Å². The van der Waals surface area contributed by atoms with E-state index >= 15 is 4.39 Å². The summed E-state index contributed by atoms with van der Waals surface area (Å²) in [6, 6.07) is 12.1. The number of nitrogens with zero attached hydrogens (tertiary/aromatic N) is 3. The van der Waals surface area contributed by atoms with Gasteiger partial charge >= 0.3 is 6.09 Å². The molecule has 0 atom stereocenters. The quantitative estimate of drug-likeness (QED) is 0.227. The SMILES string of the molecule is Cc1cn(-c2nc(C(=O)CC(=O)Nc3c(CC(C)(C)OC(N)=O)ccc(-c4ccccc4)c3F)cs2)cn1. The van der Waals surface area contributed by atoms with Crippen molar-refractivity contribution in [3.05, 3.63) is 83.1 Å². The van der Waals surface area contributed by atoms with Gasteiger partial charge in [-0.3, -0.25) is 14.2 Å². The highest BCUT2D eigenvalue weighted by Gasteiger charge is 2.27. The first-order valence-corrected chi connectivity index (χ1v) is 12.5. The minimum absolute atomic E-state index is 0.0608. The topological polar surface area (TPSA) is 129 Å². The maximum absolute atomic E-state index is 15.8. The molecule has 0 saturated carbocycles. The maximum Gasteiger partial charge on any atom is 0.405 e. The summed E-state index contributed by atoms with van der Waals surface area (Å²) in [5, 5.41) is 4.66. The van der Waals surface area contributed by atoms with E-state index in [0.717, 1.165) is 5.69 Å². The summed E-state index contributed by atoms with van der Waals surface area (Å²) >= 11 is 1.24. The van der Waals surface area contributed by atoms with E-state index in [-0.39, 0.29) is 23.4 Å². The number of rotatable bonds is 9. The average molecular weight is 536 g/mol. The van der Waals surface area contributed by atoms with E-state index in [9.17, 15) is 14.4 Å². The van der Waals surface area contributed by atoms with Crippen LogP contribution in [0, 0.1) is 12.7 Å². The number of aryl methyl sites for hydroxylation is 1. The van der Waals surface area contributed by atoms with E-state index in [1.54, 1.807) is 72.7 Å². The zero-order valence-corrected chi connectivity index (χ0v) is 21.8. The Hall–Kier alpha value is -4.38. The molecule has 4 aromatic rings. The third kappa shape index (κ3) is 6.30. The largest absolute Gasteiger partial charge is 0.443 e. The smallest absolute Gasteiger partial charge is 0.405 e. The number of aromatic nitrogens is 3. The van der Waals surface area contributed by atoms with E-state index in [0.29, 0.717) is 16.3 Å². The number of nitrogens with two attached hydrogens (primary N) is 1. The molecule has 196 valence electrons. The van der Waals surface area contributed by atoms with Crippen LogP contribution in [0.3, 0.4) is 0 Å². The minimum atomic E-state index is -1.08. The normalized spacial score (nSPS) is 11.3. The fourth-order valence-corrected chi connectivity index (χ4v) is 4.74. The van der Waals surface area contributed by atoms with E-state index in [1.165, 1.54) is 11.3 Å². The number of anilines is 1. The number of benzene rings is 2. The van der Waals surface area contributed by atoms with Gasteiger partial charge in [-0.1, -0.05) is 42.5 Å². The number of primary amides is 1. The number of nitrogens with one attached hydrogen (secondary N) is 1. The Labute approximate surface area is 222 Å². The second-order valence-electron chi connectivity index (χ2n) is 9.27. The van der Waals surface area contributed by atoms with Crippen LogP contribution in [0.15, 0.2) is 60.4 Å². The molecule has 0 radical (unpaired) electrons. The average Bonchev–Trinajstić information content (AvgIpc) is 3.50. The van der Waals surface area contributed by atoms with Crippen molar-refractivity contribution in [2.24, 2.45) is 5.73 Å². The predicted molar refractivity (Wildman–Crippen MR) is 142 cm³/mol. The number of hydrogen-bond donors (Lipinski definition) is 2. The Kier molecular flexibility index (Phi) is 7.67. The Morgan fingerprint density at radius 1 is 1.16 bits per heavy atom. The van der Waals surface area contributed by atoms with Gasteiger partial charge in [0.2, 0.25) is 5.91 Å². The molecule has 4 rings (SSSR count). The summed E-state index contributed by atoms with van der Waals surface area (Å²) < 4.78 is 22.7. The number of thiazole rings is 1. The van der Waals surface area contributed by atoms with Gasteiger partial charge in [-0.05, 0) is 31.9 Å². The second-order valence-corrected chi connectivity index (χ2v) is 10.1. The van der Waals surface area contributed by atoms with E-state index in [1.807, 2.05) is 13.0 Å². The molecule has 0 bridgehead atoms. The van der Waals surface area contributed by atoms with Crippen LogP contribution in [0.2, 0.25) is 0 Å². The molecule has 11 heteroatoms. The second kappa shape index (κ2) is 10.9.